The number of rotatable bonds is 6. The number of allylic oxidation sites excluding steroid dienone is 1. The number of nitrogens with zero attached hydrogens (tertiary/aromatic N) is 1. The number of anilines is 1. The van der Waals surface area contributed by atoms with Gasteiger partial charge in [0.15, 0.2) is 17.3 Å². The number of ether oxygens (including phenoxy) is 2. The molecule has 0 aliphatic rings. The molecule has 0 spiro atoms. The smallest absolute Gasteiger partial charge is 0.187 e. The van der Waals surface area contributed by atoms with Gasteiger partial charge >= 0.3 is 0 Å². The highest BCUT2D eigenvalue weighted by Gasteiger charge is 2.13. The first-order valence-corrected chi connectivity index (χ1v) is 8.17. The van der Waals surface area contributed by atoms with Gasteiger partial charge in [0, 0.05) is 29.8 Å². The van der Waals surface area contributed by atoms with Gasteiger partial charge in [-0.1, -0.05) is 18.2 Å². The summed E-state index contributed by atoms with van der Waals surface area (Å²) in [5, 5.41) is 0. The quantitative estimate of drug-likeness (QED) is 0.541. The molecule has 0 N–H and O–H groups in total. The molecule has 0 aliphatic heterocycles. The van der Waals surface area contributed by atoms with Crippen LogP contribution in [-0.4, -0.2) is 34.1 Å². The molecule has 0 radical (unpaired) electrons. The van der Waals surface area contributed by atoms with Gasteiger partial charge in [-0.15, -0.1) is 0 Å². The van der Waals surface area contributed by atoms with Gasteiger partial charge in [0.25, 0.3) is 0 Å². The summed E-state index contributed by atoms with van der Waals surface area (Å²) < 4.78 is 11.1. The van der Waals surface area contributed by atoms with Crippen molar-refractivity contribution in [3.8, 4) is 11.5 Å². The van der Waals surface area contributed by atoms with Crippen molar-refractivity contribution in [2.45, 2.75) is 0 Å². The molecule has 0 aliphatic carbocycles. The summed E-state index contributed by atoms with van der Waals surface area (Å²) >= 11 is 3.41. The van der Waals surface area contributed by atoms with E-state index in [-0.39, 0.29) is 5.78 Å². The van der Waals surface area contributed by atoms with Gasteiger partial charge in [-0.3, -0.25) is 4.79 Å². The number of hydrogen-bond donors (Lipinski definition) is 0. The Morgan fingerprint density at radius 2 is 1.62 bits per heavy atom. The summed E-state index contributed by atoms with van der Waals surface area (Å²) in [5.41, 5.74) is 2.60. The van der Waals surface area contributed by atoms with Crippen molar-refractivity contribution in [2.24, 2.45) is 0 Å². The predicted octanol–water partition coefficient (Wildman–Crippen LogP) is 4.43. The second-order valence-electron chi connectivity index (χ2n) is 5.37. The molecule has 0 heterocycles. The minimum absolute atomic E-state index is 0.112. The highest BCUT2D eigenvalue weighted by Crippen LogP contribution is 2.33. The number of carbonyl (C=O) groups excluding carboxylic acids is 1. The monoisotopic (exact) mass is 389 g/mol. The Morgan fingerprint density at radius 3 is 2.17 bits per heavy atom. The van der Waals surface area contributed by atoms with E-state index in [4.69, 9.17) is 9.47 Å². The molecule has 5 heteroatoms. The topological polar surface area (TPSA) is 38.8 Å². The maximum atomic E-state index is 12.5. The van der Waals surface area contributed by atoms with E-state index in [1.165, 1.54) is 0 Å². The molecule has 4 nitrogen and oxygen atoms in total. The molecule has 0 aromatic heterocycles. The summed E-state index contributed by atoms with van der Waals surface area (Å²) in [7, 11) is 7.08. The largest absolute Gasteiger partial charge is 0.493 e. The van der Waals surface area contributed by atoms with Crippen LogP contribution in [0, 0.1) is 0 Å². The van der Waals surface area contributed by atoms with Crippen LogP contribution >= 0.6 is 15.9 Å². The Hall–Kier alpha value is -2.27. The molecule has 0 fully saturated rings. The highest BCUT2D eigenvalue weighted by molar-refractivity contribution is 9.10. The third-order valence-electron chi connectivity index (χ3n) is 3.58. The fourth-order valence-corrected chi connectivity index (χ4v) is 2.71. The molecule has 24 heavy (non-hydrogen) atoms. The van der Waals surface area contributed by atoms with Crippen molar-refractivity contribution < 1.29 is 14.3 Å². The first-order valence-electron chi connectivity index (χ1n) is 7.37. The highest BCUT2D eigenvalue weighted by atomic mass is 79.9. The van der Waals surface area contributed by atoms with E-state index in [2.05, 4.69) is 15.9 Å². The minimum atomic E-state index is -0.112. The van der Waals surface area contributed by atoms with Crippen molar-refractivity contribution in [3.05, 3.63) is 58.1 Å². The average Bonchev–Trinajstić information content (AvgIpc) is 2.59. The number of hydrogen-bond acceptors (Lipinski definition) is 4. The standard InChI is InChI=1S/C19H20BrNO3/c1-21(2)14-8-5-13(6-9-14)7-10-17(22)15-11-18(23-3)19(24-4)12-16(15)20/h5-12H,1-4H3. The predicted molar refractivity (Wildman–Crippen MR) is 101 cm³/mol. The maximum Gasteiger partial charge on any atom is 0.187 e. The van der Waals surface area contributed by atoms with Crippen molar-refractivity contribution in [1.82, 2.24) is 0 Å². The van der Waals surface area contributed by atoms with Gasteiger partial charge in [0.1, 0.15) is 0 Å². The molecule has 0 amide bonds. The van der Waals surface area contributed by atoms with Gasteiger partial charge in [-0.05, 0) is 51.8 Å². The lowest BCUT2D eigenvalue weighted by molar-refractivity contribution is 0.104. The fourth-order valence-electron chi connectivity index (χ4n) is 2.19. The van der Waals surface area contributed by atoms with Gasteiger partial charge < -0.3 is 14.4 Å². The van der Waals surface area contributed by atoms with E-state index >= 15 is 0 Å². The number of benzene rings is 2. The van der Waals surface area contributed by atoms with Crippen molar-refractivity contribution in [3.63, 3.8) is 0 Å². The molecule has 0 saturated heterocycles. The first-order chi connectivity index (χ1) is 11.5. The molecule has 0 unspecified atom stereocenters. The first kappa shape index (κ1) is 18.1. The van der Waals surface area contributed by atoms with E-state index in [0.717, 1.165) is 11.3 Å². The van der Waals surface area contributed by atoms with Crippen LogP contribution in [0.3, 0.4) is 0 Å². The van der Waals surface area contributed by atoms with E-state index in [9.17, 15) is 4.79 Å². The second kappa shape index (κ2) is 8.02. The third kappa shape index (κ3) is 4.17. The summed E-state index contributed by atoms with van der Waals surface area (Å²) in [5.74, 6) is 0.983. The second-order valence-corrected chi connectivity index (χ2v) is 6.22. The average molecular weight is 390 g/mol. The van der Waals surface area contributed by atoms with Crippen LogP contribution in [0.1, 0.15) is 15.9 Å². The zero-order valence-electron chi connectivity index (χ0n) is 14.2. The minimum Gasteiger partial charge on any atom is -0.493 e. The van der Waals surface area contributed by atoms with E-state index in [1.54, 1.807) is 38.5 Å². The summed E-state index contributed by atoms with van der Waals surface area (Å²) in [4.78, 5) is 14.5. The van der Waals surface area contributed by atoms with Crippen LogP contribution in [-0.2, 0) is 0 Å². The molecule has 2 aromatic rings. The van der Waals surface area contributed by atoms with Gasteiger partial charge in [0.05, 0.1) is 14.2 Å². The van der Waals surface area contributed by atoms with Crippen molar-refractivity contribution in [2.75, 3.05) is 33.2 Å². The van der Waals surface area contributed by atoms with E-state index in [0.29, 0.717) is 21.5 Å². The normalized spacial score (nSPS) is 10.7. The summed E-state index contributed by atoms with van der Waals surface area (Å²) in [6.07, 6.45) is 3.35. The Labute approximate surface area is 150 Å². The Morgan fingerprint density at radius 1 is 1.04 bits per heavy atom. The third-order valence-corrected chi connectivity index (χ3v) is 4.23. The summed E-state index contributed by atoms with van der Waals surface area (Å²) in [6, 6.07) is 11.4. The summed E-state index contributed by atoms with van der Waals surface area (Å²) in [6.45, 7) is 0. The van der Waals surface area contributed by atoms with Crippen LogP contribution in [0.4, 0.5) is 5.69 Å². The lowest BCUT2D eigenvalue weighted by Gasteiger charge is -2.11. The number of halogens is 1. The van der Waals surface area contributed by atoms with Crippen LogP contribution in [0.5, 0.6) is 11.5 Å². The maximum absolute atomic E-state index is 12.5. The number of ketones is 1. The van der Waals surface area contributed by atoms with Gasteiger partial charge in [0.2, 0.25) is 0 Å². The fraction of sp³-hybridized carbons (Fsp3) is 0.211. The SMILES string of the molecule is COc1cc(Br)c(C(=O)C=Cc2ccc(N(C)C)cc2)cc1OC. The van der Waals surface area contributed by atoms with Crippen LogP contribution in [0.2, 0.25) is 0 Å². The molecule has 0 bridgehead atoms. The molecular formula is C19H20BrNO3. The zero-order chi connectivity index (χ0) is 17.7. The Bertz CT molecular complexity index is 752. The molecular weight excluding hydrogens is 370 g/mol. The van der Waals surface area contributed by atoms with Crippen LogP contribution < -0.4 is 14.4 Å². The van der Waals surface area contributed by atoms with E-state index < -0.39 is 0 Å². The number of carbonyl (C=O) groups is 1. The van der Waals surface area contributed by atoms with E-state index in [1.807, 2.05) is 43.3 Å². The lowest BCUT2D eigenvalue weighted by atomic mass is 10.1. The van der Waals surface area contributed by atoms with Crippen LogP contribution in [0.25, 0.3) is 6.08 Å². The number of methoxy groups -OCH3 is 2. The van der Waals surface area contributed by atoms with Crippen molar-refractivity contribution in [1.29, 1.82) is 0 Å². The molecule has 2 rings (SSSR count). The molecule has 126 valence electrons. The van der Waals surface area contributed by atoms with Crippen molar-refractivity contribution >= 4 is 33.5 Å². The van der Waals surface area contributed by atoms with Crippen LogP contribution in [0.15, 0.2) is 46.9 Å². The molecule has 2 aromatic carbocycles. The Balaban J connectivity index is 2.23. The van der Waals surface area contributed by atoms with Gasteiger partial charge in [-0.2, -0.15) is 0 Å². The molecule has 0 atom stereocenters. The Kier molecular flexibility index (Phi) is 6.04. The molecule has 0 saturated carbocycles. The van der Waals surface area contributed by atoms with Gasteiger partial charge in [-0.25, -0.2) is 0 Å². The lowest BCUT2D eigenvalue weighted by Crippen LogP contribution is -2.07. The zero-order valence-corrected chi connectivity index (χ0v) is 15.8.